The molecule has 2 aromatic carbocycles. The van der Waals surface area contributed by atoms with Gasteiger partial charge in [0.25, 0.3) is 5.91 Å². The van der Waals surface area contributed by atoms with Gasteiger partial charge in [0.2, 0.25) is 0 Å². The first-order valence-electron chi connectivity index (χ1n) is 8.47. The average molecular weight is 476 g/mol. The van der Waals surface area contributed by atoms with Gasteiger partial charge in [-0.3, -0.25) is 4.79 Å². The summed E-state index contributed by atoms with van der Waals surface area (Å²) in [6, 6.07) is 12.4. The summed E-state index contributed by atoms with van der Waals surface area (Å²) in [5, 5.41) is 5.04. The zero-order chi connectivity index (χ0) is 21.0. The number of nitrogens with one attached hydrogen (secondary N) is 1. The van der Waals surface area contributed by atoms with Crippen molar-refractivity contribution in [2.24, 2.45) is 0 Å². The lowest BCUT2D eigenvalue weighted by Crippen LogP contribution is -2.14. The summed E-state index contributed by atoms with van der Waals surface area (Å²) in [5.41, 5.74) is 2.22. The molecule has 0 atom stereocenters. The van der Waals surface area contributed by atoms with Crippen LogP contribution in [0.1, 0.15) is 20.7 Å². The number of anilines is 1. The second-order valence-electron chi connectivity index (χ2n) is 5.88. The molecule has 1 heterocycles. The van der Waals surface area contributed by atoms with E-state index in [0.29, 0.717) is 33.2 Å². The molecule has 1 N–H and O–H groups in total. The highest BCUT2D eigenvalue weighted by molar-refractivity contribution is 9.10. The van der Waals surface area contributed by atoms with Crippen LogP contribution in [0.25, 0.3) is 11.1 Å². The maximum atomic E-state index is 12.8. The van der Waals surface area contributed by atoms with Crippen molar-refractivity contribution in [1.82, 2.24) is 0 Å². The Balaban J connectivity index is 1.96. The predicted octanol–water partition coefficient (Wildman–Crippen LogP) is 5.23. The molecule has 0 saturated carbocycles. The fourth-order valence-corrected chi connectivity index (χ4v) is 3.97. The standard InChI is InChI=1S/C21H18BrNO5S/c1-26-16-9-6-13(10-17(16)27-2)19(24)23-20-18(21(25)28-3)15(11-29-20)12-4-7-14(22)8-5-12/h4-11H,1-3H3,(H,23,24). The first kappa shape index (κ1) is 20.9. The van der Waals surface area contributed by atoms with E-state index in [9.17, 15) is 9.59 Å². The Morgan fingerprint density at radius 1 is 0.966 bits per heavy atom. The quantitative estimate of drug-likeness (QED) is 0.493. The lowest BCUT2D eigenvalue weighted by Gasteiger charge is -2.10. The molecule has 0 saturated heterocycles. The van der Waals surface area contributed by atoms with E-state index in [2.05, 4.69) is 21.2 Å². The molecule has 8 heteroatoms. The number of carbonyl (C=O) groups excluding carboxylic acids is 2. The summed E-state index contributed by atoms with van der Waals surface area (Å²) in [6.45, 7) is 0. The van der Waals surface area contributed by atoms with Gasteiger partial charge < -0.3 is 19.5 Å². The number of hydrogen-bond acceptors (Lipinski definition) is 6. The van der Waals surface area contributed by atoms with Crippen molar-refractivity contribution >= 4 is 44.1 Å². The Morgan fingerprint density at radius 3 is 2.28 bits per heavy atom. The summed E-state index contributed by atoms with van der Waals surface area (Å²) >= 11 is 4.66. The minimum absolute atomic E-state index is 0.314. The minimum Gasteiger partial charge on any atom is -0.493 e. The largest absolute Gasteiger partial charge is 0.493 e. The van der Waals surface area contributed by atoms with E-state index >= 15 is 0 Å². The Morgan fingerprint density at radius 2 is 1.66 bits per heavy atom. The normalized spacial score (nSPS) is 10.3. The van der Waals surface area contributed by atoms with Crippen molar-refractivity contribution in [2.45, 2.75) is 0 Å². The van der Waals surface area contributed by atoms with E-state index in [-0.39, 0.29) is 5.91 Å². The summed E-state index contributed by atoms with van der Waals surface area (Å²) in [6.07, 6.45) is 0. The number of hydrogen-bond donors (Lipinski definition) is 1. The number of thiophene rings is 1. The first-order valence-corrected chi connectivity index (χ1v) is 10.1. The van der Waals surface area contributed by atoms with Crippen LogP contribution in [0.3, 0.4) is 0 Å². The molecule has 0 unspecified atom stereocenters. The molecule has 150 valence electrons. The number of halogens is 1. The van der Waals surface area contributed by atoms with Gasteiger partial charge >= 0.3 is 5.97 Å². The van der Waals surface area contributed by atoms with E-state index in [0.717, 1.165) is 10.0 Å². The van der Waals surface area contributed by atoms with Crippen LogP contribution in [0.15, 0.2) is 52.3 Å². The molecule has 0 bridgehead atoms. The lowest BCUT2D eigenvalue weighted by molar-refractivity contribution is 0.0603. The minimum atomic E-state index is -0.521. The van der Waals surface area contributed by atoms with Gasteiger partial charge in [-0.2, -0.15) is 0 Å². The molecular formula is C21H18BrNO5S. The zero-order valence-electron chi connectivity index (χ0n) is 15.9. The van der Waals surface area contributed by atoms with Crippen molar-refractivity contribution in [1.29, 1.82) is 0 Å². The van der Waals surface area contributed by atoms with Gasteiger partial charge in [0, 0.05) is 21.0 Å². The van der Waals surface area contributed by atoms with E-state index in [1.54, 1.807) is 18.2 Å². The highest BCUT2D eigenvalue weighted by Gasteiger charge is 2.23. The Bertz CT molecular complexity index is 1050. The fraction of sp³-hybridized carbons (Fsp3) is 0.143. The third-order valence-corrected chi connectivity index (χ3v) is 5.63. The Kier molecular flexibility index (Phi) is 6.56. The van der Waals surface area contributed by atoms with Crippen LogP contribution in [0.5, 0.6) is 11.5 Å². The van der Waals surface area contributed by atoms with Gasteiger partial charge in [0.05, 0.1) is 21.3 Å². The van der Waals surface area contributed by atoms with E-state index in [1.165, 1.54) is 32.7 Å². The van der Waals surface area contributed by atoms with Crippen molar-refractivity contribution in [3.8, 4) is 22.6 Å². The highest BCUT2D eigenvalue weighted by Crippen LogP contribution is 2.37. The number of methoxy groups -OCH3 is 3. The molecule has 1 aromatic heterocycles. The monoisotopic (exact) mass is 475 g/mol. The van der Waals surface area contributed by atoms with E-state index < -0.39 is 5.97 Å². The topological polar surface area (TPSA) is 73.9 Å². The third-order valence-electron chi connectivity index (χ3n) is 4.21. The Labute approximate surface area is 180 Å². The molecule has 1 amide bonds. The fourth-order valence-electron chi connectivity index (χ4n) is 2.75. The molecular weight excluding hydrogens is 458 g/mol. The van der Waals surface area contributed by atoms with Gasteiger partial charge in [-0.05, 0) is 35.9 Å². The van der Waals surface area contributed by atoms with Crippen molar-refractivity contribution in [2.75, 3.05) is 26.6 Å². The highest BCUT2D eigenvalue weighted by atomic mass is 79.9. The summed E-state index contributed by atoms with van der Waals surface area (Å²) in [7, 11) is 4.33. The summed E-state index contributed by atoms with van der Waals surface area (Å²) in [4.78, 5) is 25.2. The molecule has 0 radical (unpaired) electrons. The number of rotatable bonds is 6. The molecule has 3 aromatic rings. The number of esters is 1. The van der Waals surface area contributed by atoms with E-state index in [1.807, 2.05) is 29.6 Å². The van der Waals surface area contributed by atoms with Crippen LogP contribution >= 0.6 is 27.3 Å². The van der Waals surface area contributed by atoms with Crippen LogP contribution in [0, 0.1) is 0 Å². The van der Waals surface area contributed by atoms with Gasteiger partial charge in [-0.15, -0.1) is 11.3 Å². The molecule has 0 aliphatic rings. The molecule has 0 aliphatic heterocycles. The number of carbonyl (C=O) groups is 2. The van der Waals surface area contributed by atoms with Gasteiger partial charge in [-0.1, -0.05) is 28.1 Å². The van der Waals surface area contributed by atoms with Crippen molar-refractivity contribution < 1.29 is 23.8 Å². The SMILES string of the molecule is COC(=O)c1c(-c2ccc(Br)cc2)csc1NC(=O)c1ccc(OC)c(OC)c1. The maximum absolute atomic E-state index is 12.8. The maximum Gasteiger partial charge on any atom is 0.341 e. The predicted molar refractivity (Wildman–Crippen MR) is 116 cm³/mol. The number of benzene rings is 2. The van der Waals surface area contributed by atoms with Crippen molar-refractivity contribution in [3.05, 3.63) is 63.4 Å². The summed E-state index contributed by atoms with van der Waals surface area (Å²) in [5.74, 6) is 0.0649. The number of ether oxygens (including phenoxy) is 3. The lowest BCUT2D eigenvalue weighted by atomic mass is 10.0. The second-order valence-corrected chi connectivity index (χ2v) is 7.67. The van der Waals surface area contributed by atoms with Crippen LogP contribution in [0.4, 0.5) is 5.00 Å². The average Bonchev–Trinajstić information content (AvgIpc) is 3.16. The first-order chi connectivity index (χ1) is 14.0. The van der Waals surface area contributed by atoms with Crippen LogP contribution in [-0.2, 0) is 4.74 Å². The zero-order valence-corrected chi connectivity index (χ0v) is 18.3. The third kappa shape index (κ3) is 4.44. The van der Waals surface area contributed by atoms with E-state index in [4.69, 9.17) is 14.2 Å². The van der Waals surface area contributed by atoms with Gasteiger partial charge in [0.15, 0.2) is 11.5 Å². The summed E-state index contributed by atoms with van der Waals surface area (Å²) < 4.78 is 16.3. The Hall–Kier alpha value is -2.84. The van der Waals surface area contributed by atoms with Crippen molar-refractivity contribution in [3.63, 3.8) is 0 Å². The second kappa shape index (κ2) is 9.11. The smallest absolute Gasteiger partial charge is 0.341 e. The molecule has 0 spiro atoms. The molecule has 0 fully saturated rings. The van der Waals surface area contributed by atoms with Crippen LogP contribution < -0.4 is 14.8 Å². The number of amides is 1. The van der Waals surface area contributed by atoms with Crippen LogP contribution in [0.2, 0.25) is 0 Å². The molecule has 29 heavy (non-hydrogen) atoms. The van der Waals surface area contributed by atoms with Crippen LogP contribution in [-0.4, -0.2) is 33.2 Å². The molecule has 0 aliphatic carbocycles. The van der Waals surface area contributed by atoms with Gasteiger partial charge in [-0.25, -0.2) is 4.79 Å². The molecule has 6 nitrogen and oxygen atoms in total. The van der Waals surface area contributed by atoms with Gasteiger partial charge in [0.1, 0.15) is 10.6 Å². The molecule has 3 rings (SSSR count).